The van der Waals surface area contributed by atoms with Crippen molar-refractivity contribution in [2.45, 2.75) is 13.0 Å². The van der Waals surface area contributed by atoms with E-state index in [1.807, 2.05) is 19.1 Å². The first-order valence-corrected chi connectivity index (χ1v) is 10.0. The van der Waals surface area contributed by atoms with Gasteiger partial charge in [-0.25, -0.2) is 14.3 Å². The second kappa shape index (κ2) is 8.01. The SMILES string of the molecule is Cc1cc(NC(c2ccc(Cl)cc2)c2c(C(=O)O)c(C(=O)O)cn2C)cc2c1nnn2C. The number of carbonyl (C=O) groups is 2. The van der Waals surface area contributed by atoms with Crippen LogP contribution in [0, 0.1) is 6.92 Å². The molecular formula is C22H20ClN5O4. The number of aromatic carboxylic acids is 2. The van der Waals surface area contributed by atoms with Crippen molar-refractivity contribution in [3.8, 4) is 0 Å². The molecule has 0 aliphatic carbocycles. The molecule has 0 aliphatic rings. The van der Waals surface area contributed by atoms with Crippen LogP contribution < -0.4 is 5.32 Å². The molecule has 3 N–H and O–H groups in total. The summed E-state index contributed by atoms with van der Waals surface area (Å²) in [4.78, 5) is 23.8. The van der Waals surface area contributed by atoms with E-state index >= 15 is 0 Å². The van der Waals surface area contributed by atoms with Crippen molar-refractivity contribution in [1.29, 1.82) is 0 Å². The van der Waals surface area contributed by atoms with Gasteiger partial charge in [0.2, 0.25) is 0 Å². The Balaban J connectivity index is 1.92. The maximum absolute atomic E-state index is 12.1. The van der Waals surface area contributed by atoms with Crippen LogP contribution in [0.4, 0.5) is 5.69 Å². The van der Waals surface area contributed by atoms with E-state index in [0.717, 1.165) is 22.2 Å². The Hall–Kier alpha value is -3.85. The molecule has 0 aliphatic heterocycles. The Morgan fingerprint density at radius 1 is 1.09 bits per heavy atom. The molecule has 0 radical (unpaired) electrons. The zero-order chi connectivity index (χ0) is 23.2. The van der Waals surface area contributed by atoms with Gasteiger partial charge in [-0.15, -0.1) is 5.10 Å². The second-order valence-corrected chi connectivity index (χ2v) is 7.96. The summed E-state index contributed by atoms with van der Waals surface area (Å²) < 4.78 is 3.18. The lowest BCUT2D eigenvalue weighted by molar-refractivity contribution is 0.0652. The molecule has 10 heteroatoms. The molecule has 4 rings (SSSR count). The highest BCUT2D eigenvalue weighted by atomic mass is 35.5. The number of halogens is 1. The van der Waals surface area contributed by atoms with E-state index in [1.165, 1.54) is 10.8 Å². The van der Waals surface area contributed by atoms with Gasteiger partial charge in [0.05, 0.1) is 28.4 Å². The second-order valence-electron chi connectivity index (χ2n) is 7.53. The normalized spacial score (nSPS) is 12.1. The number of benzene rings is 2. The third kappa shape index (κ3) is 3.67. The summed E-state index contributed by atoms with van der Waals surface area (Å²) in [6.45, 7) is 1.91. The van der Waals surface area contributed by atoms with Gasteiger partial charge in [0.15, 0.2) is 0 Å². The van der Waals surface area contributed by atoms with Gasteiger partial charge in [0, 0.05) is 31.0 Å². The van der Waals surface area contributed by atoms with Crippen molar-refractivity contribution < 1.29 is 19.8 Å². The number of nitrogens with zero attached hydrogens (tertiary/aromatic N) is 4. The third-order valence-electron chi connectivity index (χ3n) is 5.37. The largest absolute Gasteiger partial charge is 0.478 e. The zero-order valence-electron chi connectivity index (χ0n) is 17.5. The number of fused-ring (bicyclic) bond motifs is 1. The summed E-state index contributed by atoms with van der Waals surface area (Å²) in [7, 11) is 3.41. The highest BCUT2D eigenvalue weighted by Gasteiger charge is 2.30. The molecule has 4 aromatic rings. The minimum atomic E-state index is -1.32. The summed E-state index contributed by atoms with van der Waals surface area (Å²) in [5.74, 6) is -2.63. The molecule has 0 saturated carbocycles. The van der Waals surface area contributed by atoms with Gasteiger partial charge < -0.3 is 20.1 Å². The highest BCUT2D eigenvalue weighted by molar-refractivity contribution is 6.30. The molecular weight excluding hydrogens is 434 g/mol. The molecule has 164 valence electrons. The summed E-state index contributed by atoms with van der Waals surface area (Å²) in [6, 6.07) is 10.0. The molecule has 0 amide bonds. The number of hydrogen-bond acceptors (Lipinski definition) is 5. The van der Waals surface area contributed by atoms with Gasteiger partial charge in [-0.1, -0.05) is 28.9 Å². The van der Waals surface area contributed by atoms with Crippen LogP contribution in [-0.2, 0) is 14.1 Å². The van der Waals surface area contributed by atoms with Crippen molar-refractivity contribution in [2.75, 3.05) is 5.32 Å². The topological polar surface area (TPSA) is 122 Å². The summed E-state index contributed by atoms with van der Waals surface area (Å²) in [6.07, 6.45) is 1.31. The van der Waals surface area contributed by atoms with Crippen LogP contribution in [0.2, 0.25) is 5.02 Å². The first kappa shape index (κ1) is 21.4. The smallest absolute Gasteiger partial charge is 0.338 e. The maximum Gasteiger partial charge on any atom is 0.338 e. The molecule has 2 aromatic carbocycles. The first-order chi connectivity index (χ1) is 15.2. The molecule has 9 nitrogen and oxygen atoms in total. The molecule has 1 atom stereocenters. The molecule has 0 fully saturated rings. The lowest BCUT2D eigenvalue weighted by Crippen LogP contribution is -2.19. The lowest BCUT2D eigenvalue weighted by Gasteiger charge is -2.23. The van der Waals surface area contributed by atoms with E-state index in [2.05, 4.69) is 15.6 Å². The van der Waals surface area contributed by atoms with Crippen molar-refractivity contribution in [3.05, 3.63) is 75.6 Å². The molecule has 1 unspecified atom stereocenters. The minimum absolute atomic E-state index is 0.271. The molecule has 2 heterocycles. The molecule has 32 heavy (non-hydrogen) atoms. The van der Waals surface area contributed by atoms with Gasteiger partial charge >= 0.3 is 11.9 Å². The van der Waals surface area contributed by atoms with Gasteiger partial charge in [0.1, 0.15) is 5.52 Å². The van der Waals surface area contributed by atoms with Crippen molar-refractivity contribution in [1.82, 2.24) is 19.6 Å². The molecule has 0 bridgehead atoms. The van der Waals surface area contributed by atoms with Gasteiger partial charge in [-0.3, -0.25) is 0 Å². The maximum atomic E-state index is 12.1. The molecule has 0 saturated heterocycles. The highest BCUT2D eigenvalue weighted by Crippen LogP contribution is 2.33. The zero-order valence-corrected chi connectivity index (χ0v) is 18.3. The van der Waals surface area contributed by atoms with E-state index < -0.39 is 18.0 Å². The van der Waals surface area contributed by atoms with Crippen LogP contribution in [-0.4, -0.2) is 41.7 Å². The van der Waals surface area contributed by atoms with Gasteiger partial charge in [-0.2, -0.15) is 0 Å². The standard InChI is InChI=1S/C22H20ClN5O4/c1-11-8-14(9-16-18(11)25-26-28(16)3)24-19(12-4-6-13(23)7-5-12)20-17(22(31)32)15(21(29)30)10-27(20)2/h4-10,19,24H,1-3H3,(H,29,30)(H,31,32). The summed E-state index contributed by atoms with van der Waals surface area (Å²) in [5, 5.41) is 31.6. The Bertz CT molecular complexity index is 1360. The Morgan fingerprint density at radius 3 is 2.41 bits per heavy atom. The fraction of sp³-hybridized carbons (Fsp3) is 0.182. The number of hydrogen-bond donors (Lipinski definition) is 3. The van der Waals surface area contributed by atoms with E-state index in [1.54, 1.807) is 43.0 Å². The Kier molecular flexibility index (Phi) is 5.35. The fourth-order valence-corrected chi connectivity index (χ4v) is 4.02. The van der Waals surface area contributed by atoms with Crippen molar-refractivity contribution >= 4 is 40.3 Å². The van der Waals surface area contributed by atoms with Crippen LogP contribution >= 0.6 is 11.6 Å². The fourth-order valence-electron chi connectivity index (χ4n) is 3.89. The monoisotopic (exact) mass is 453 g/mol. The lowest BCUT2D eigenvalue weighted by atomic mass is 9.98. The molecule has 2 aromatic heterocycles. The number of aryl methyl sites for hydroxylation is 3. The van der Waals surface area contributed by atoms with Crippen molar-refractivity contribution in [3.63, 3.8) is 0 Å². The predicted octanol–water partition coefficient (Wildman–Crippen LogP) is 3.87. The number of carboxylic acids is 2. The minimum Gasteiger partial charge on any atom is -0.478 e. The van der Waals surface area contributed by atoms with Crippen LogP contribution in [0.25, 0.3) is 11.0 Å². The van der Waals surface area contributed by atoms with Crippen LogP contribution in [0.3, 0.4) is 0 Å². The predicted molar refractivity (Wildman–Crippen MR) is 119 cm³/mol. The van der Waals surface area contributed by atoms with Gasteiger partial charge in [-0.05, 0) is 42.3 Å². The van der Waals surface area contributed by atoms with E-state index in [9.17, 15) is 19.8 Å². The van der Waals surface area contributed by atoms with Crippen molar-refractivity contribution in [2.24, 2.45) is 14.1 Å². The average molecular weight is 454 g/mol. The van der Waals surface area contributed by atoms with Gasteiger partial charge in [0.25, 0.3) is 0 Å². The van der Waals surface area contributed by atoms with Crippen LogP contribution in [0.1, 0.15) is 43.6 Å². The number of aromatic nitrogens is 4. The number of carboxylic acid groups (broad SMARTS) is 2. The van der Waals surface area contributed by atoms with E-state index in [4.69, 9.17) is 11.6 Å². The first-order valence-electron chi connectivity index (χ1n) is 9.65. The average Bonchev–Trinajstić information content (AvgIpc) is 3.28. The molecule has 0 spiro atoms. The summed E-state index contributed by atoms with van der Waals surface area (Å²) >= 11 is 6.06. The van der Waals surface area contributed by atoms with E-state index in [-0.39, 0.29) is 11.1 Å². The third-order valence-corrected chi connectivity index (χ3v) is 5.62. The van der Waals surface area contributed by atoms with Crippen LogP contribution in [0.15, 0.2) is 42.6 Å². The number of nitrogens with one attached hydrogen (secondary N) is 1. The number of rotatable bonds is 6. The van der Waals surface area contributed by atoms with Crippen LogP contribution in [0.5, 0.6) is 0 Å². The number of anilines is 1. The Labute approximate surface area is 187 Å². The quantitative estimate of drug-likeness (QED) is 0.405. The Morgan fingerprint density at radius 2 is 1.78 bits per heavy atom. The summed E-state index contributed by atoms with van der Waals surface area (Å²) in [5.41, 5.74) is 3.64. The van der Waals surface area contributed by atoms with E-state index in [0.29, 0.717) is 16.4 Å².